The smallest absolute Gasteiger partial charge is 0.194 e. The Labute approximate surface area is 236 Å². The van der Waals surface area contributed by atoms with Gasteiger partial charge in [0.1, 0.15) is 0 Å². The molecule has 5 rings (SSSR count). The first-order chi connectivity index (χ1) is 19.6. The fraction of sp³-hybridized carbons (Fsp3) is 0.0270. The van der Waals surface area contributed by atoms with E-state index >= 15 is 0 Å². The quantitative estimate of drug-likeness (QED) is 0.160. The van der Waals surface area contributed by atoms with Crippen LogP contribution in [0.25, 0.3) is 29.1 Å². The van der Waals surface area contributed by atoms with Gasteiger partial charge in [-0.25, -0.2) is 4.85 Å². The third kappa shape index (κ3) is 6.08. The Hall–Kier alpha value is -5.64. The minimum Gasteiger partial charge on any atom is -0.311 e. The summed E-state index contributed by atoms with van der Waals surface area (Å²) in [6.07, 6.45) is 7.75. The van der Waals surface area contributed by atoms with Crippen molar-refractivity contribution < 1.29 is 0 Å². The van der Waals surface area contributed by atoms with Crippen LogP contribution in [0.4, 0.5) is 22.7 Å². The Morgan fingerprint density at radius 2 is 1.12 bits per heavy atom. The number of nitrogens with zero attached hydrogens (tertiary/aromatic N) is 3. The Morgan fingerprint density at radius 3 is 1.65 bits per heavy atom. The van der Waals surface area contributed by atoms with Crippen molar-refractivity contribution in [3.63, 3.8) is 0 Å². The maximum atomic E-state index is 9.81. The van der Waals surface area contributed by atoms with Crippen LogP contribution in [0, 0.1) is 24.8 Å². The fourth-order valence-electron chi connectivity index (χ4n) is 4.47. The highest BCUT2D eigenvalue weighted by atomic mass is 15.1. The number of rotatable bonds is 7. The zero-order valence-electron chi connectivity index (χ0n) is 22.2. The second kappa shape index (κ2) is 12.3. The van der Waals surface area contributed by atoms with E-state index in [1.807, 2.05) is 79.8 Å². The van der Waals surface area contributed by atoms with E-state index in [0.29, 0.717) is 11.3 Å². The number of hydrogen-bond donors (Lipinski definition) is 0. The molecule has 0 aliphatic heterocycles. The van der Waals surface area contributed by atoms with E-state index in [4.69, 9.17) is 6.57 Å². The van der Waals surface area contributed by atoms with Gasteiger partial charge in [-0.2, -0.15) is 5.26 Å². The molecule has 0 bridgehead atoms. The van der Waals surface area contributed by atoms with Gasteiger partial charge in [-0.3, -0.25) is 0 Å². The van der Waals surface area contributed by atoms with Gasteiger partial charge in [-0.05, 0) is 77.7 Å². The number of benzene rings is 5. The third-order valence-corrected chi connectivity index (χ3v) is 6.61. The zero-order chi connectivity index (χ0) is 27.7. The molecule has 5 aromatic rings. The maximum absolute atomic E-state index is 9.81. The maximum Gasteiger partial charge on any atom is 0.194 e. The molecule has 3 nitrogen and oxygen atoms in total. The van der Waals surface area contributed by atoms with Gasteiger partial charge >= 0.3 is 0 Å². The van der Waals surface area contributed by atoms with Crippen molar-refractivity contribution in [2.24, 2.45) is 0 Å². The SMILES string of the molecule is [C-]#[N+]c1cc(/C=C\c2ccc(C)cc2)c(C#N)cc1/C=C\c1ccc(N(c2ccccc2)c2ccccc2)cc1. The molecule has 3 heteroatoms. The summed E-state index contributed by atoms with van der Waals surface area (Å²) in [6.45, 7) is 9.78. The zero-order valence-corrected chi connectivity index (χ0v) is 22.2. The molecule has 5 aromatic carbocycles. The average Bonchev–Trinajstić information content (AvgIpc) is 3.01. The minimum absolute atomic E-state index is 0.509. The molecule has 0 radical (unpaired) electrons. The molecule has 0 heterocycles. The Kier molecular flexibility index (Phi) is 7.97. The van der Waals surface area contributed by atoms with Gasteiger partial charge < -0.3 is 4.90 Å². The predicted molar refractivity (Wildman–Crippen MR) is 168 cm³/mol. The van der Waals surface area contributed by atoms with Crippen LogP contribution >= 0.6 is 0 Å². The molecule has 0 saturated carbocycles. The Balaban J connectivity index is 1.41. The van der Waals surface area contributed by atoms with Crippen molar-refractivity contribution in [3.05, 3.63) is 166 Å². The molecular weight excluding hydrogens is 486 g/mol. The summed E-state index contributed by atoms with van der Waals surface area (Å²) in [6, 6.07) is 42.9. The summed E-state index contributed by atoms with van der Waals surface area (Å²) in [5.41, 5.74) is 8.96. The van der Waals surface area contributed by atoms with Crippen LogP contribution in [0.1, 0.15) is 33.4 Å². The van der Waals surface area contributed by atoms with Gasteiger partial charge in [0, 0.05) is 17.1 Å². The average molecular weight is 514 g/mol. The topological polar surface area (TPSA) is 31.4 Å². The summed E-state index contributed by atoms with van der Waals surface area (Å²) >= 11 is 0. The van der Waals surface area contributed by atoms with E-state index in [1.54, 1.807) is 12.1 Å². The summed E-state index contributed by atoms with van der Waals surface area (Å²) in [5.74, 6) is 0. The lowest BCUT2D eigenvalue weighted by Crippen LogP contribution is -2.09. The molecule has 0 atom stereocenters. The predicted octanol–water partition coefficient (Wildman–Crippen LogP) is 10.2. The fourth-order valence-corrected chi connectivity index (χ4v) is 4.47. The normalized spacial score (nSPS) is 10.9. The van der Waals surface area contributed by atoms with Gasteiger partial charge in [-0.1, -0.05) is 103 Å². The summed E-state index contributed by atoms with van der Waals surface area (Å²) in [5, 5.41) is 9.81. The molecule has 0 unspecified atom stereocenters. The number of aryl methyl sites for hydroxylation is 1. The van der Waals surface area contributed by atoms with E-state index in [-0.39, 0.29) is 0 Å². The molecule has 0 aliphatic carbocycles. The highest BCUT2D eigenvalue weighted by molar-refractivity contribution is 5.83. The first-order valence-corrected chi connectivity index (χ1v) is 13.0. The van der Waals surface area contributed by atoms with Crippen LogP contribution in [0.5, 0.6) is 0 Å². The van der Waals surface area contributed by atoms with Crippen molar-refractivity contribution in [1.29, 1.82) is 5.26 Å². The summed E-state index contributed by atoms with van der Waals surface area (Å²) < 4.78 is 0. The number of hydrogen-bond acceptors (Lipinski definition) is 2. The molecule has 40 heavy (non-hydrogen) atoms. The molecule has 0 amide bonds. The largest absolute Gasteiger partial charge is 0.311 e. The Morgan fingerprint density at radius 1 is 0.625 bits per heavy atom. The number of nitriles is 1. The first kappa shape index (κ1) is 26.0. The first-order valence-electron chi connectivity index (χ1n) is 13.0. The standard InChI is InChI=1S/C37H27N3/c1-28-13-15-29(16-14-28)17-21-31-26-37(39-2)32(25-33(31)27-38)22-18-30-19-23-36(24-20-30)40(34-9-5-3-6-10-34)35-11-7-4-8-12-35/h3-26H,1H3/b21-17-,22-18-. The molecule has 0 saturated heterocycles. The van der Waals surface area contributed by atoms with Crippen molar-refractivity contribution in [3.8, 4) is 6.07 Å². The van der Waals surface area contributed by atoms with E-state index in [0.717, 1.165) is 39.3 Å². The van der Waals surface area contributed by atoms with Crippen LogP contribution in [0.2, 0.25) is 0 Å². The monoisotopic (exact) mass is 513 g/mol. The molecule has 0 fully saturated rings. The van der Waals surface area contributed by atoms with Gasteiger partial charge in [-0.15, -0.1) is 0 Å². The number of anilines is 3. The van der Waals surface area contributed by atoms with Gasteiger partial charge in [0.25, 0.3) is 0 Å². The van der Waals surface area contributed by atoms with Crippen LogP contribution in [-0.4, -0.2) is 0 Å². The lowest BCUT2D eigenvalue weighted by Gasteiger charge is -2.25. The molecule has 0 aromatic heterocycles. The van der Waals surface area contributed by atoms with Crippen molar-refractivity contribution in [2.45, 2.75) is 6.92 Å². The molecule has 0 N–H and O–H groups in total. The minimum atomic E-state index is 0.509. The third-order valence-electron chi connectivity index (χ3n) is 6.61. The van der Waals surface area contributed by atoms with Crippen LogP contribution < -0.4 is 4.90 Å². The highest BCUT2D eigenvalue weighted by Crippen LogP contribution is 2.34. The molecule has 0 aliphatic rings. The van der Waals surface area contributed by atoms with Gasteiger partial charge in [0.2, 0.25) is 0 Å². The second-order valence-corrected chi connectivity index (χ2v) is 9.40. The lowest BCUT2D eigenvalue weighted by molar-refractivity contribution is 1.28. The highest BCUT2D eigenvalue weighted by Gasteiger charge is 2.11. The molecule has 190 valence electrons. The van der Waals surface area contributed by atoms with Crippen molar-refractivity contribution in [1.82, 2.24) is 0 Å². The van der Waals surface area contributed by atoms with Crippen LogP contribution in [-0.2, 0) is 0 Å². The summed E-state index contributed by atoms with van der Waals surface area (Å²) in [7, 11) is 0. The van der Waals surface area contributed by atoms with Gasteiger partial charge in [0.05, 0.1) is 18.2 Å². The van der Waals surface area contributed by atoms with E-state index in [2.05, 4.69) is 76.5 Å². The Bertz CT molecular complexity index is 1690. The van der Waals surface area contributed by atoms with Crippen LogP contribution in [0.3, 0.4) is 0 Å². The van der Waals surface area contributed by atoms with Crippen molar-refractivity contribution >= 4 is 47.1 Å². The van der Waals surface area contributed by atoms with Gasteiger partial charge in [0.15, 0.2) is 5.69 Å². The lowest BCUT2D eigenvalue weighted by atomic mass is 10.0. The summed E-state index contributed by atoms with van der Waals surface area (Å²) in [4.78, 5) is 5.95. The molecule has 0 spiro atoms. The van der Waals surface area contributed by atoms with Crippen molar-refractivity contribution in [2.75, 3.05) is 4.90 Å². The van der Waals surface area contributed by atoms with E-state index in [9.17, 15) is 5.26 Å². The number of para-hydroxylation sites is 2. The second-order valence-electron chi connectivity index (χ2n) is 9.40. The van der Waals surface area contributed by atoms with E-state index < -0.39 is 0 Å². The molecular formula is C37H27N3. The van der Waals surface area contributed by atoms with E-state index in [1.165, 1.54) is 5.56 Å². The van der Waals surface area contributed by atoms with Crippen LogP contribution in [0.15, 0.2) is 121 Å².